The number of phenols is 1. The zero-order valence-electron chi connectivity index (χ0n) is 37.1. The van der Waals surface area contributed by atoms with Crippen molar-refractivity contribution >= 4 is 69.7 Å². The van der Waals surface area contributed by atoms with E-state index in [4.69, 9.17) is 30.5 Å². The molecule has 0 bridgehead atoms. The number of ether oxygens (including phenoxy) is 4. The predicted octanol–water partition coefficient (Wildman–Crippen LogP) is 3.56. The number of rotatable bonds is 21. The summed E-state index contributed by atoms with van der Waals surface area (Å²) in [6, 6.07) is 8.41. The third-order valence-electron chi connectivity index (χ3n) is 11.4. The Hall–Kier alpha value is -6.81. The van der Waals surface area contributed by atoms with Gasteiger partial charge in [0.15, 0.2) is 5.82 Å². The SMILES string of the molecule is C=CC(=O)N1CCN(c2nc(NCCC(=O)N(C)CCOCCOCCOCCOc3ccc4c(c3)C(=O)N(C3CCC(=O)NC3=O)C4=O)nc3c(F)c(-c4c(O)cccc4F)c(Cl)cc23)CC1. The molecule has 6 amide bonds. The van der Waals surface area contributed by atoms with Gasteiger partial charge in [0.1, 0.15) is 41.3 Å². The van der Waals surface area contributed by atoms with Crippen LogP contribution < -0.4 is 20.3 Å². The number of amides is 6. The Kier molecular flexibility index (Phi) is 16.1. The third kappa shape index (κ3) is 11.1. The van der Waals surface area contributed by atoms with Crippen molar-refractivity contribution in [3.05, 3.63) is 82.9 Å². The summed E-state index contributed by atoms with van der Waals surface area (Å²) in [5.74, 6) is -4.50. The maximum atomic E-state index is 16.4. The largest absolute Gasteiger partial charge is 0.507 e. The second-order valence-corrected chi connectivity index (χ2v) is 16.2. The molecule has 3 N–H and O–H groups in total. The minimum Gasteiger partial charge on any atom is -0.507 e. The predicted molar refractivity (Wildman–Crippen MR) is 242 cm³/mol. The van der Waals surface area contributed by atoms with E-state index >= 15 is 4.39 Å². The highest BCUT2D eigenvalue weighted by atomic mass is 35.5. The smallest absolute Gasteiger partial charge is 0.262 e. The molecule has 19 nitrogen and oxygen atoms in total. The van der Waals surface area contributed by atoms with Crippen LogP contribution in [0.2, 0.25) is 5.02 Å². The van der Waals surface area contributed by atoms with Gasteiger partial charge in [0, 0.05) is 70.1 Å². The number of carbonyl (C=O) groups excluding carboxylic acids is 6. The molecule has 7 rings (SSSR count). The molecule has 360 valence electrons. The van der Waals surface area contributed by atoms with Crippen LogP contribution in [0.4, 0.5) is 20.5 Å². The van der Waals surface area contributed by atoms with E-state index in [1.54, 1.807) is 18.0 Å². The summed E-state index contributed by atoms with van der Waals surface area (Å²) < 4.78 is 53.8. The van der Waals surface area contributed by atoms with Crippen LogP contribution in [0.15, 0.2) is 55.1 Å². The highest BCUT2D eigenvalue weighted by Gasteiger charge is 2.44. The minimum absolute atomic E-state index is 0.00398. The molecule has 68 heavy (non-hydrogen) atoms. The lowest BCUT2D eigenvalue weighted by molar-refractivity contribution is -0.136. The van der Waals surface area contributed by atoms with Crippen LogP contribution in [0.3, 0.4) is 0 Å². The standard InChI is InChI=1S/C46H49ClF2N8O11/c1-3-36(60)55-13-15-56(16-14-55)42-30-26-31(47)38(39-32(48)5-4-6-34(39)58)40(49)41(30)52-46(53-42)50-12-11-37(61)54(2)17-18-65-19-20-66-21-22-67-23-24-68-27-7-8-28-29(25-27)45(64)57(44(28)63)33-9-10-35(59)51-43(33)62/h3-8,25-26,33,58H,1,9-24H2,2H3,(H,50,52,53)(H,51,59,62). The topological polar surface area (TPSA) is 222 Å². The molecule has 1 unspecified atom stereocenters. The number of carbonyl (C=O) groups is 6. The molecule has 3 aliphatic rings. The van der Waals surface area contributed by atoms with Gasteiger partial charge in [-0.2, -0.15) is 4.98 Å². The molecule has 3 aromatic carbocycles. The first-order chi connectivity index (χ1) is 32.8. The maximum Gasteiger partial charge on any atom is 0.262 e. The van der Waals surface area contributed by atoms with E-state index < -0.39 is 52.6 Å². The summed E-state index contributed by atoms with van der Waals surface area (Å²) in [5.41, 5.74) is -0.707. The van der Waals surface area contributed by atoms with Crippen molar-refractivity contribution in [3.63, 3.8) is 0 Å². The van der Waals surface area contributed by atoms with Gasteiger partial charge in [-0.3, -0.25) is 39.0 Å². The summed E-state index contributed by atoms with van der Waals surface area (Å²) in [6.07, 6.45) is 1.36. The van der Waals surface area contributed by atoms with Crippen molar-refractivity contribution in [1.29, 1.82) is 0 Å². The van der Waals surface area contributed by atoms with Crippen LogP contribution in [0.5, 0.6) is 11.5 Å². The lowest BCUT2D eigenvalue weighted by Crippen LogP contribution is -2.54. The number of nitrogens with one attached hydrogen (secondary N) is 2. The van der Waals surface area contributed by atoms with Gasteiger partial charge < -0.3 is 44.1 Å². The molecular formula is C46H49ClF2N8O11. The Morgan fingerprint density at radius 2 is 1.62 bits per heavy atom. The first-order valence-electron chi connectivity index (χ1n) is 21.8. The minimum atomic E-state index is -1.05. The molecule has 0 saturated carbocycles. The quantitative estimate of drug-likeness (QED) is 0.0618. The van der Waals surface area contributed by atoms with Crippen LogP contribution >= 0.6 is 11.6 Å². The molecule has 2 fully saturated rings. The Labute approximate surface area is 393 Å². The third-order valence-corrected chi connectivity index (χ3v) is 11.7. The number of piperidine rings is 1. The molecule has 0 radical (unpaired) electrons. The van der Waals surface area contributed by atoms with Gasteiger partial charge in [0.25, 0.3) is 11.8 Å². The van der Waals surface area contributed by atoms with Crippen LogP contribution in [-0.2, 0) is 33.4 Å². The summed E-state index contributed by atoms with van der Waals surface area (Å²) in [5, 5.41) is 15.7. The monoisotopic (exact) mass is 962 g/mol. The van der Waals surface area contributed by atoms with Gasteiger partial charge in [0.2, 0.25) is 29.6 Å². The molecule has 1 atom stereocenters. The number of anilines is 2. The molecule has 1 aromatic heterocycles. The van der Waals surface area contributed by atoms with Gasteiger partial charge in [-0.1, -0.05) is 24.2 Å². The Morgan fingerprint density at radius 3 is 2.31 bits per heavy atom. The zero-order chi connectivity index (χ0) is 48.5. The van der Waals surface area contributed by atoms with Crippen LogP contribution in [0.25, 0.3) is 22.0 Å². The van der Waals surface area contributed by atoms with Gasteiger partial charge in [-0.25, -0.2) is 13.8 Å². The first kappa shape index (κ1) is 49.1. The number of imide groups is 2. The Morgan fingerprint density at radius 1 is 0.926 bits per heavy atom. The summed E-state index contributed by atoms with van der Waals surface area (Å²) in [7, 11) is 1.63. The van der Waals surface area contributed by atoms with Crippen molar-refractivity contribution in [3.8, 4) is 22.6 Å². The van der Waals surface area contributed by atoms with Crippen molar-refractivity contribution in [2.75, 3.05) is 103 Å². The van der Waals surface area contributed by atoms with Crippen LogP contribution in [0.1, 0.15) is 40.0 Å². The van der Waals surface area contributed by atoms with Crippen LogP contribution in [0, 0.1) is 11.6 Å². The fourth-order valence-corrected chi connectivity index (χ4v) is 8.14. The first-order valence-corrected chi connectivity index (χ1v) is 22.2. The number of aromatic nitrogens is 2. The number of benzene rings is 3. The summed E-state index contributed by atoms with van der Waals surface area (Å²) in [6.45, 7) is 7.03. The lowest BCUT2D eigenvalue weighted by Gasteiger charge is -2.35. The normalized spacial score (nSPS) is 16.0. The van der Waals surface area contributed by atoms with E-state index in [-0.39, 0.29) is 122 Å². The highest BCUT2D eigenvalue weighted by molar-refractivity contribution is 6.34. The van der Waals surface area contributed by atoms with Crippen LogP contribution in [-0.4, -0.2) is 164 Å². The Bertz CT molecular complexity index is 2590. The molecule has 3 aliphatic heterocycles. The zero-order valence-corrected chi connectivity index (χ0v) is 37.8. The van der Waals surface area contributed by atoms with Crippen molar-refractivity contribution in [1.82, 2.24) is 30.0 Å². The summed E-state index contributed by atoms with van der Waals surface area (Å²) >= 11 is 6.55. The van der Waals surface area contributed by atoms with Crippen molar-refractivity contribution in [2.24, 2.45) is 0 Å². The molecule has 0 spiro atoms. The Balaban J connectivity index is 0.808. The van der Waals surface area contributed by atoms with E-state index in [9.17, 15) is 38.3 Å². The highest BCUT2D eigenvalue weighted by Crippen LogP contribution is 2.42. The van der Waals surface area contributed by atoms with E-state index in [0.717, 1.165) is 11.0 Å². The van der Waals surface area contributed by atoms with E-state index in [1.807, 2.05) is 4.90 Å². The number of fused-ring (bicyclic) bond motifs is 2. The average Bonchev–Trinajstić information content (AvgIpc) is 3.57. The molecule has 22 heteroatoms. The van der Waals surface area contributed by atoms with E-state index in [1.165, 1.54) is 41.3 Å². The van der Waals surface area contributed by atoms with Gasteiger partial charge in [0.05, 0.1) is 61.4 Å². The molecule has 4 heterocycles. The molecule has 0 aliphatic carbocycles. The number of nitrogens with zero attached hydrogens (tertiary/aromatic N) is 6. The second-order valence-electron chi connectivity index (χ2n) is 15.8. The van der Waals surface area contributed by atoms with Gasteiger partial charge >= 0.3 is 0 Å². The fraction of sp³-hybridized carbons (Fsp3) is 0.391. The lowest BCUT2D eigenvalue weighted by atomic mass is 10.0. The van der Waals surface area contributed by atoms with Crippen molar-refractivity contribution in [2.45, 2.75) is 25.3 Å². The second kappa shape index (κ2) is 22.3. The number of halogens is 3. The number of hydrogen-bond donors (Lipinski definition) is 3. The fourth-order valence-electron chi connectivity index (χ4n) is 7.86. The number of phenolic OH excluding ortho intramolecular Hbond substituents is 1. The van der Waals surface area contributed by atoms with Gasteiger partial charge in [-0.05, 0) is 48.9 Å². The van der Waals surface area contributed by atoms with Gasteiger partial charge in [-0.15, -0.1) is 0 Å². The molecule has 4 aromatic rings. The van der Waals surface area contributed by atoms with Crippen molar-refractivity contribution < 1.29 is 61.6 Å². The maximum absolute atomic E-state index is 16.4. The molecular weight excluding hydrogens is 914 g/mol. The average molecular weight is 963 g/mol. The van der Waals surface area contributed by atoms with E-state index in [2.05, 4.69) is 27.2 Å². The number of piperazine rings is 1. The number of hydrogen-bond acceptors (Lipinski definition) is 15. The number of likely N-dealkylation sites (N-methyl/N-ethyl adjacent to an activating group) is 1. The van der Waals surface area contributed by atoms with E-state index in [0.29, 0.717) is 44.3 Å². The summed E-state index contributed by atoms with van der Waals surface area (Å²) in [4.78, 5) is 89.8. The number of aromatic hydroxyl groups is 1. The molecule has 2 saturated heterocycles.